The van der Waals surface area contributed by atoms with Gasteiger partial charge in [-0.15, -0.1) is 15.3 Å². The number of carbonyl (C=O) groups excluding carboxylic acids is 1. The van der Waals surface area contributed by atoms with Crippen LogP contribution in [0.4, 0.5) is 17.2 Å². The van der Waals surface area contributed by atoms with E-state index in [4.69, 9.17) is 4.74 Å². The molecule has 4 heterocycles. The molecule has 134 valence electrons. The first-order valence-electron chi connectivity index (χ1n) is 8.24. The second-order valence-electron chi connectivity index (χ2n) is 6.07. The lowest BCUT2D eigenvalue weighted by Crippen LogP contribution is -2.35. The van der Waals surface area contributed by atoms with E-state index in [1.54, 1.807) is 27.8 Å². The van der Waals surface area contributed by atoms with Gasteiger partial charge in [0.15, 0.2) is 23.9 Å². The van der Waals surface area contributed by atoms with E-state index in [-0.39, 0.29) is 12.5 Å². The zero-order chi connectivity index (χ0) is 18.4. The van der Waals surface area contributed by atoms with Crippen LogP contribution in [0.15, 0.2) is 47.2 Å². The van der Waals surface area contributed by atoms with Crippen LogP contribution < -0.4 is 15.0 Å². The fraction of sp³-hybridized carbons (Fsp3) is 0.111. The van der Waals surface area contributed by atoms with Crippen molar-refractivity contribution in [3.63, 3.8) is 0 Å². The van der Waals surface area contributed by atoms with E-state index in [1.165, 1.54) is 0 Å². The molecule has 0 aliphatic carbocycles. The third-order valence-electron chi connectivity index (χ3n) is 4.36. The summed E-state index contributed by atoms with van der Waals surface area (Å²) in [5.74, 6) is 1.94. The number of amides is 1. The SMILES string of the molecule is CN1C(=O)COc2ccc(Nc3ccc4nnc(-c5ccsc5)n4n3)cc21. The molecular weight excluding hydrogens is 364 g/mol. The maximum absolute atomic E-state index is 11.8. The van der Waals surface area contributed by atoms with Crippen LogP contribution in [0, 0.1) is 0 Å². The van der Waals surface area contributed by atoms with Crippen LogP contribution >= 0.6 is 11.3 Å². The molecule has 27 heavy (non-hydrogen) atoms. The molecule has 0 atom stereocenters. The predicted octanol–water partition coefficient (Wildman–Crippen LogP) is 2.95. The number of nitrogens with one attached hydrogen (secondary N) is 1. The number of hydrogen-bond acceptors (Lipinski definition) is 7. The van der Waals surface area contributed by atoms with Crippen LogP contribution in [-0.2, 0) is 4.79 Å². The standard InChI is InChI=1S/C18H14N6O2S/c1-23-13-8-12(2-3-14(13)26-9-17(23)25)19-15-4-5-16-20-21-18(24(16)22-15)11-6-7-27-10-11/h2-8,10H,9H2,1H3,(H,19,22). The Balaban J connectivity index is 1.50. The quantitative estimate of drug-likeness (QED) is 0.590. The second kappa shape index (κ2) is 6.06. The monoisotopic (exact) mass is 378 g/mol. The third-order valence-corrected chi connectivity index (χ3v) is 5.04. The second-order valence-corrected chi connectivity index (χ2v) is 6.85. The van der Waals surface area contributed by atoms with Crippen molar-refractivity contribution in [2.24, 2.45) is 0 Å². The lowest BCUT2D eigenvalue weighted by atomic mass is 10.2. The lowest BCUT2D eigenvalue weighted by Gasteiger charge is -2.26. The molecule has 5 rings (SSSR count). The average molecular weight is 378 g/mol. The number of likely N-dealkylation sites (N-methyl/N-ethyl adjacent to an activating group) is 1. The van der Waals surface area contributed by atoms with Gasteiger partial charge in [-0.25, -0.2) is 0 Å². The summed E-state index contributed by atoms with van der Waals surface area (Å²) in [5, 5.41) is 20.3. The van der Waals surface area contributed by atoms with Crippen LogP contribution in [0.5, 0.6) is 5.75 Å². The van der Waals surface area contributed by atoms with Crippen molar-refractivity contribution in [2.75, 3.05) is 23.9 Å². The van der Waals surface area contributed by atoms with Gasteiger partial charge in [0.1, 0.15) is 5.75 Å². The van der Waals surface area contributed by atoms with Crippen LogP contribution in [0.25, 0.3) is 17.0 Å². The molecule has 4 aromatic rings. The van der Waals surface area contributed by atoms with E-state index in [1.807, 2.05) is 47.2 Å². The van der Waals surface area contributed by atoms with Gasteiger partial charge in [0.05, 0.1) is 5.69 Å². The molecule has 0 spiro atoms. The Labute approximate surface area is 158 Å². The Hall–Kier alpha value is -3.46. The zero-order valence-corrected chi connectivity index (χ0v) is 15.1. The number of hydrogen-bond donors (Lipinski definition) is 1. The molecule has 0 fully saturated rings. The number of fused-ring (bicyclic) bond motifs is 2. The number of anilines is 3. The van der Waals surface area contributed by atoms with Crippen molar-refractivity contribution >= 4 is 40.1 Å². The van der Waals surface area contributed by atoms with E-state index in [0.717, 1.165) is 16.9 Å². The Morgan fingerprint density at radius 2 is 2.11 bits per heavy atom. The van der Waals surface area contributed by atoms with E-state index in [0.29, 0.717) is 23.0 Å². The molecule has 9 heteroatoms. The van der Waals surface area contributed by atoms with Crippen LogP contribution in [0.3, 0.4) is 0 Å². The van der Waals surface area contributed by atoms with Gasteiger partial charge in [-0.3, -0.25) is 4.79 Å². The maximum atomic E-state index is 11.8. The van der Waals surface area contributed by atoms with Gasteiger partial charge >= 0.3 is 0 Å². The first kappa shape index (κ1) is 15.8. The minimum atomic E-state index is -0.0795. The fourth-order valence-electron chi connectivity index (χ4n) is 2.93. The molecule has 0 saturated heterocycles. The Kier molecular flexibility index (Phi) is 3.54. The van der Waals surface area contributed by atoms with Gasteiger partial charge in [-0.1, -0.05) is 0 Å². The number of aromatic nitrogens is 4. The molecule has 8 nitrogen and oxygen atoms in total. The smallest absolute Gasteiger partial charge is 0.264 e. The topological polar surface area (TPSA) is 84.6 Å². The summed E-state index contributed by atoms with van der Waals surface area (Å²) in [6.45, 7) is 0.0630. The number of rotatable bonds is 3. The predicted molar refractivity (Wildman–Crippen MR) is 103 cm³/mol. The van der Waals surface area contributed by atoms with Gasteiger partial charge in [-0.05, 0) is 41.8 Å². The Morgan fingerprint density at radius 1 is 1.19 bits per heavy atom. The summed E-state index contributed by atoms with van der Waals surface area (Å²) < 4.78 is 7.17. The molecule has 1 aromatic carbocycles. The van der Waals surface area contributed by atoms with Gasteiger partial charge in [0.25, 0.3) is 5.91 Å². The average Bonchev–Trinajstić information content (AvgIpc) is 3.34. The summed E-state index contributed by atoms with van der Waals surface area (Å²) in [6, 6.07) is 11.3. The molecule has 0 radical (unpaired) electrons. The van der Waals surface area contributed by atoms with Crippen molar-refractivity contribution in [2.45, 2.75) is 0 Å². The van der Waals surface area contributed by atoms with Gasteiger partial charge < -0.3 is 15.0 Å². The van der Waals surface area contributed by atoms with Crippen molar-refractivity contribution < 1.29 is 9.53 Å². The first-order chi connectivity index (χ1) is 13.2. The summed E-state index contributed by atoms with van der Waals surface area (Å²) in [5.41, 5.74) is 3.17. The van der Waals surface area contributed by atoms with Gasteiger partial charge in [0.2, 0.25) is 0 Å². The highest BCUT2D eigenvalue weighted by molar-refractivity contribution is 7.08. The summed E-state index contributed by atoms with van der Waals surface area (Å²) in [6.07, 6.45) is 0. The minimum Gasteiger partial charge on any atom is -0.482 e. The molecule has 1 aliphatic heterocycles. The number of thiophene rings is 1. The molecular formula is C18H14N6O2S. The van der Waals surface area contributed by atoms with Crippen LogP contribution in [0.1, 0.15) is 0 Å². The largest absolute Gasteiger partial charge is 0.482 e. The lowest BCUT2D eigenvalue weighted by molar-refractivity contribution is -0.120. The Morgan fingerprint density at radius 3 is 2.96 bits per heavy atom. The zero-order valence-electron chi connectivity index (χ0n) is 14.3. The molecule has 1 N–H and O–H groups in total. The molecule has 0 saturated carbocycles. The minimum absolute atomic E-state index is 0.0630. The maximum Gasteiger partial charge on any atom is 0.264 e. The fourth-order valence-corrected chi connectivity index (χ4v) is 3.56. The van der Waals surface area contributed by atoms with E-state index in [2.05, 4.69) is 20.6 Å². The van der Waals surface area contributed by atoms with E-state index < -0.39 is 0 Å². The summed E-state index contributed by atoms with van der Waals surface area (Å²) in [7, 11) is 1.74. The summed E-state index contributed by atoms with van der Waals surface area (Å²) >= 11 is 1.60. The number of carbonyl (C=O) groups is 1. The number of nitrogens with zero attached hydrogens (tertiary/aromatic N) is 5. The molecule has 3 aromatic heterocycles. The van der Waals surface area contributed by atoms with Crippen molar-refractivity contribution in [1.29, 1.82) is 0 Å². The van der Waals surface area contributed by atoms with Crippen molar-refractivity contribution in [3.8, 4) is 17.1 Å². The highest BCUT2D eigenvalue weighted by Gasteiger charge is 2.22. The molecule has 1 aliphatic rings. The first-order valence-corrected chi connectivity index (χ1v) is 9.19. The third kappa shape index (κ3) is 2.68. The van der Waals surface area contributed by atoms with Crippen LogP contribution in [-0.4, -0.2) is 39.4 Å². The molecule has 0 unspecified atom stereocenters. The molecule has 1 amide bonds. The Bertz CT molecular complexity index is 1150. The van der Waals surface area contributed by atoms with Crippen molar-refractivity contribution in [3.05, 3.63) is 47.2 Å². The van der Waals surface area contributed by atoms with E-state index >= 15 is 0 Å². The molecule has 0 bridgehead atoms. The number of ether oxygens (including phenoxy) is 1. The number of benzene rings is 1. The van der Waals surface area contributed by atoms with Crippen molar-refractivity contribution in [1.82, 2.24) is 19.8 Å². The normalized spacial score (nSPS) is 13.5. The van der Waals surface area contributed by atoms with Crippen LogP contribution in [0.2, 0.25) is 0 Å². The van der Waals surface area contributed by atoms with E-state index in [9.17, 15) is 4.79 Å². The van der Waals surface area contributed by atoms with Gasteiger partial charge in [0, 0.05) is 23.7 Å². The highest BCUT2D eigenvalue weighted by atomic mass is 32.1. The van der Waals surface area contributed by atoms with Gasteiger partial charge in [-0.2, -0.15) is 15.9 Å². The summed E-state index contributed by atoms with van der Waals surface area (Å²) in [4.78, 5) is 13.4. The highest BCUT2D eigenvalue weighted by Crippen LogP contribution is 2.34.